The van der Waals surface area contributed by atoms with Gasteiger partial charge in [0.25, 0.3) is 5.88 Å². The van der Waals surface area contributed by atoms with Gasteiger partial charge in [-0.15, -0.1) is 0 Å². The van der Waals surface area contributed by atoms with Crippen LogP contribution in [0.5, 0.6) is 5.88 Å². The minimum Gasteiger partial charge on any atom is -0.478 e. The van der Waals surface area contributed by atoms with Crippen molar-refractivity contribution in [2.24, 2.45) is 0 Å². The molecular weight excluding hydrogens is 340 g/mol. The highest BCUT2D eigenvalue weighted by atomic mass is 16.6. The molecule has 0 atom stereocenters. The number of carbonyl (C=O) groups is 1. The second-order valence-electron chi connectivity index (χ2n) is 6.02. The van der Waals surface area contributed by atoms with Crippen molar-refractivity contribution in [3.63, 3.8) is 0 Å². The Labute approximate surface area is 149 Å². The molecule has 1 heterocycles. The van der Waals surface area contributed by atoms with Gasteiger partial charge in [0, 0.05) is 5.69 Å². The fourth-order valence-electron chi connectivity index (χ4n) is 2.88. The first kappa shape index (κ1) is 17.6. The van der Waals surface area contributed by atoms with E-state index in [1.54, 1.807) is 0 Å². The molecule has 2 aromatic rings. The van der Waals surface area contributed by atoms with Crippen LogP contribution in [0, 0.1) is 10.1 Å². The molecule has 1 aliphatic rings. The van der Waals surface area contributed by atoms with Gasteiger partial charge in [0.05, 0.1) is 10.5 Å². The highest BCUT2D eigenvalue weighted by Gasteiger charge is 2.27. The Bertz CT molecular complexity index is 803. The number of benzene rings is 1. The summed E-state index contributed by atoms with van der Waals surface area (Å²) in [5, 5.41) is 23.3. The molecule has 1 aliphatic carbocycles. The van der Waals surface area contributed by atoms with Gasteiger partial charge >= 0.3 is 11.7 Å². The zero-order chi connectivity index (χ0) is 18.5. The summed E-state index contributed by atoms with van der Waals surface area (Å²) in [5.74, 6) is -1.10. The third-order valence-corrected chi connectivity index (χ3v) is 4.20. The fraction of sp³-hybridized carbons (Fsp3) is 0.353. The highest BCUT2D eigenvalue weighted by Crippen LogP contribution is 2.34. The van der Waals surface area contributed by atoms with Gasteiger partial charge < -0.3 is 15.2 Å². The number of anilines is 2. The van der Waals surface area contributed by atoms with Crippen molar-refractivity contribution in [2.45, 2.75) is 38.2 Å². The molecule has 1 aromatic heterocycles. The summed E-state index contributed by atoms with van der Waals surface area (Å²) in [4.78, 5) is 29.8. The summed E-state index contributed by atoms with van der Waals surface area (Å²) in [7, 11) is 0. The van der Waals surface area contributed by atoms with Crippen LogP contribution < -0.4 is 10.1 Å². The van der Waals surface area contributed by atoms with Crippen molar-refractivity contribution in [3.8, 4) is 5.88 Å². The molecule has 0 aliphatic heterocycles. The molecule has 2 N–H and O–H groups in total. The minimum absolute atomic E-state index is 0.00103. The van der Waals surface area contributed by atoms with Gasteiger partial charge in [-0.2, -0.15) is 4.98 Å². The Kier molecular flexibility index (Phi) is 5.26. The summed E-state index contributed by atoms with van der Waals surface area (Å²) in [5.41, 5.74) is 0.259. The molecule has 9 heteroatoms. The van der Waals surface area contributed by atoms with Gasteiger partial charge in [0.2, 0.25) is 5.82 Å². The SMILES string of the molecule is O=C(O)c1ccc(Nc2ncnc(OC3CCCCC3)c2[N+](=O)[O-])cc1. The summed E-state index contributed by atoms with van der Waals surface area (Å²) >= 11 is 0. The molecule has 26 heavy (non-hydrogen) atoms. The van der Waals surface area contributed by atoms with Crippen molar-refractivity contribution < 1.29 is 19.6 Å². The van der Waals surface area contributed by atoms with Crippen LogP contribution in [0.1, 0.15) is 42.5 Å². The first-order valence-electron chi connectivity index (χ1n) is 8.31. The number of carboxylic acids is 1. The Hall–Kier alpha value is -3.23. The number of nitro groups is 1. The van der Waals surface area contributed by atoms with E-state index in [0.717, 1.165) is 32.1 Å². The van der Waals surface area contributed by atoms with Crippen LogP contribution >= 0.6 is 0 Å². The van der Waals surface area contributed by atoms with Crippen molar-refractivity contribution in [3.05, 3.63) is 46.3 Å². The number of nitrogens with one attached hydrogen (secondary N) is 1. The zero-order valence-corrected chi connectivity index (χ0v) is 13.9. The molecular formula is C17H18N4O5. The summed E-state index contributed by atoms with van der Waals surface area (Å²) in [6, 6.07) is 5.82. The second-order valence-corrected chi connectivity index (χ2v) is 6.02. The topological polar surface area (TPSA) is 127 Å². The van der Waals surface area contributed by atoms with Crippen molar-refractivity contribution in [1.82, 2.24) is 9.97 Å². The predicted octanol–water partition coefficient (Wildman–Crippen LogP) is 3.54. The summed E-state index contributed by atoms with van der Waals surface area (Å²) in [6.45, 7) is 0. The Morgan fingerprint density at radius 2 is 1.88 bits per heavy atom. The standard InChI is InChI=1S/C17H18N4O5/c22-17(23)11-6-8-12(9-7-11)20-15-14(21(24)25)16(19-10-18-15)26-13-4-2-1-3-5-13/h6-10,13H,1-5H2,(H,22,23)(H,18,19,20). The Morgan fingerprint density at radius 1 is 1.19 bits per heavy atom. The third-order valence-electron chi connectivity index (χ3n) is 4.20. The number of aromatic nitrogens is 2. The lowest BCUT2D eigenvalue weighted by Gasteiger charge is -2.22. The van der Waals surface area contributed by atoms with E-state index in [-0.39, 0.29) is 29.1 Å². The summed E-state index contributed by atoms with van der Waals surface area (Å²) < 4.78 is 5.77. The number of ether oxygens (including phenoxy) is 1. The fourth-order valence-corrected chi connectivity index (χ4v) is 2.88. The van der Waals surface area contributed by atoms with Gasteiger partial charge in [-0.1, -0.05) is 6.42 Å². The molecule has 0 radical (unpaired) electrons. The number of nitrogens with zero attached hydrogens (tertiary/aromatic N) is 3. The van der Waals surface area contributed by atoms with E-state index in [2.05, 4.69) is 15.3 Å². The van der Waals surface area contributed by atoms with Crippen molar-refractivity contribution in [1.29, 1.82) is 0 Å². The van der Waals surface area contributed by atoms with E-state index in [1.165, 1.54) is 30.6 Å². The third kappa shape index (κ3) is 4.05. The van der Waals surface area contributed by atoms with E-state index in [4.69, 9.17) is 9.84 Å². The smallest absolute Gasteiger partial charge is 0.373 e. The highest BCUT2D eigenvalue weighted by molar-refractivity contribution is 5.88. The monoisotopic (exact) mass is 358 g/mol. The lowest BCUT2D eigenvalue weighted by molar-refractivity contribution is -0.385. The van der Waals surface area contributed by atoms with Crippen molar-refractivity contribution in [2.75, 3.05) is 5.32 Å². The maximum Gasteiger partial charge on any atom is 0.373 e. The number of rotatable bonds is 6. The van der Waals surface area contributed by atoms with Crippen molar-refractivity contribution >= 4 is 23.2 Å². The van der Waals surface area contributed by atoms with E-state index in [1.807, 2.05) is 0 Å². The van der Waals surface area contributed by atoms with E-state index >= 15 is 0 Å². The predicted molar refractivity (Wildman–Crippen MR) is 92.9 cm³/mol. The van der Waals surface area contributed by atoms with Crippen LogP contribution in [0.3, 0.4) is 0 Å². The maximum absolute atomic E-state index is 11.5. The lowest BCUT2D eigenvalue weighted by atomic mass is 9.98. The lowest BCUT2D eigenvalue weighted by Crippen LogP contribution is -2.21. The zero-order valence-electron chi connectivity index (χ0n) is 13.9. The van der Waals surface area contributed by atoms with Gasteiger partial charge in [-0.05, 0) is 49.9 Å². The molecule has 0 saturated heterocycles. The van der Waals surface area contributed by atoms with E-state index in [9.17, 15) is 14.9 Å². The molecule has 9 nitrogen and oxygen atoms in total. The van der Waals surface area contributed by atoms with Gasteiger partial charge in [-0.25, -0.2) is 9.78 Å². The Balaban J connectivity index is 1.85. The van der Waals surface area contributed by atoms with Crippen LogP contribution in [0.25, 0.3) is 0 Å². The quantitative estimate of drug-likeness (QED) is 0.593. The van der Waals surface area contributed by atoms with Crippen LogP contribution in [0.2, 0.25) is 0 Å². The van der Waals surface area contributed by atoms with Gasteiger partial charge in [0.15, 0.2) is 0 Å². The van der Waals surface area contributed by atoms with Gasteiger partial charge in [0.1, 0.15) is 12.4 Å². The Morgan fingerprint density at radius 3 is 2.50 bits per heavy atom. The molecule has 0 bridgehead atoms. The molecule has 0 spiro atoms. The number of hydrogen-bond acceptors (Lipinski definition) is 7. The maximum atomic E-state index is 11.5. The molecule has 1 saturated carbocycles. The molecule has 1 fully saturated rings. The van der Waals surface area contributed by atoms with Crippen LogP contribution in [-0.2, 0) is 0 Å². The average Bonchev–Trinajstić information content (AvgIpc) is 2.63. The largest absolute Gasteiger partial charge is 0.478 e. The van der Waals surface area contributed by atoms with Crippen LogP contribution in [-0.4, -0.2) is 32.1 Å². The second kappa shape index (κ2) is 7.77. The molecule has 0 unspecified atom stereocenters. The number of hydrogen-bond donors (Lipinski definition) is 2. The average molecular weight is 358 g/mol. The first-order chi connectivity index (χ1) is 12.5. The van der Waals surface area contributed by atoms with Crippen LogP contribution in [0.4, 0.5) is 17.2 Å². The molecule has 136 valence electrons. The van der Waals surface area contributed by atoms with E-state index < -0.39 is 10.9 Å². The minimum atomic E-state index is -1.05. The van der Waals surface area contributed by atoms with Crippen LogP contribution in [0.15, 0.2) is 30.6 Å². The van der Waals surface area contributed by atoms with E-state index in [0.29, 0.717) is 5.69 Å². The first-order valence-corrected chi connectivity index (χ1v) is 8.31. The molecule has 3 rings (SSSR count). The number of aromatic carboxylic acids is 1. The molecule has 1 aromatic carbocycles. The normalized spacial score (nSPS) is 14.6. The molecule has 0 amide bonds. The van der Waals surface area contributed by atoms with Gasteiger partial charge in [-0.3, -0.25) is 10.1 Å². The number of carboxylic acid groups (broad SMARTS) is 1. The summed E-state index contributed by atoms with van der Waals surface area (Å²) in [6.07, 6.45) is 6.03.